The van der Waals surface area contributed by atoms with Crippen molar-refractivity contribution in [1.82, 2.24) is 20.3 Å². The van der Waals surface area contributed by atoms with E-state index < -0.39 is 42.3 Å². The highest BCUT2D eigenvalue weighted by molar-refractivity contribution is 7.99. The molecule has 2 heterocycles. The van der Waals surface area contributed by atoms with Crippen LogP contribution in [0.5, 0.6) is 0 Å². The molecule has 0 spiro atoms. The van der Waals surface area contributed by atoms with Gasteiger partial charge in [0.15, 0.2) is 5.69 Å². The highest BCUT2D eigenvalue weighted by atomic mass is 35.5. The number of aliphatic hydroxyl groups is 3. The first kappa shape index (κ1) is 22.3. The molecule has 1 saturated heterocycles. The minimum absolute atomic E-state index is 0.0481. The van der Waals surface area contributed by atoms with Crippen LogP contribution in [-0.2, 0) is 4.74 Å². The molecule has 3 rings (SSSR count). The Bertz CT molecular complexity index is 870. The van der Waals surface area contributed by atoms with E-state index in [1.54, 1.807) is 25.1 Å². The number of carbonyl (C=O) groups is 1. The van der Waals surface area contributed by atoms with Gasteiger partial charge in [-0.15, -0.1) is 5.10 Å². The van der Waals surface area contributed by atoms with Gasteiger partial charge in [0, 0.05) is 11.4 Å². The van der Waals surface area contributed by atoms with Crippen LogP contribution in [0.4, 0.5) is 0 Å². The van der Waals surface area contributed by atoms with Crippen molar-refractivity contribution in [3.8, 4) is 0 Å². The highest BCUT2D eigenvalue weighted by Crippen LogP contribution is 2.39. The normalized spacial score (nSPS) is 27.0. The second-order valence-electron chi connectivity index (χ2n) is 6.33. The number of rotatable bonds is 6. The fourth-order valence-corrected chi connectivity index (χ4v) is 4.40. The molecule has 0 aliphatic carbocycles. The van der Waals surface area contributed by atoms with Crippen LogP contribution in [0, 0.1) is 0 Å². The van der Waals surface area contributed by atoms with Gasteiger partial charge in [0.25, 0.3) is 5.91 Å². The maximum Gasteiger partial charge on any atom is 0.273 e. The Hall–Kier alpha value is -1.40. The molecule has 1 fully saturated rings. The summed E-state index contributed by atoms with van der Waals surface area (Å²) in [5.41, 5.74) is -0.804. The van der Waals surface area contributed by atoms with Crippen molar-refractivity contribution in [2.45, 2.75) is 41.6 Å². The molecular formula is C17H20Cl2N4O5S. The lowest BCUT2D eigenvalue weighted by molar-refractivity contribution is -0.178. The van der Waals surface area contributed by atoms with Crippen molar-refractivity contribution < 1.29 is 24.9 Å². The van der Waals surface area contributed by atoms with Crippen LogP contribution < -0.4 is 5.32 Å². The standard InChI is InChI=1S/C17H20Cl2N4O5S/c1-2-20-16(27)11-6-23(22-21-11)13-14(25)12(7-24)28-17(15(13)26)29-8-3-4-9(18)10(19)5-8/h3-6,12-15,17,24-26H,2,7H2,1H3,(H,20,27)/t12?,13-,14-,15?,17+/m0/s1. The maximum absolute atomic E-state index is 11.9. The first-order valence-corrected chi connectivity index (χ1v) is 10.4. The van der Waals surface area contributed by atoms with Crippen LogP contribution in [0.3, 0.4) is 0 Å². The van der Waals surface area contributed by atoms with Gasteiger partial charge in [-0.3, -0.25) is 4.79 Å². The summed E-state index contributed by atoms with van der Waals surface area (Å²) in [6.07, 6.45) is -2.13. The van der Waals surface area contributed by atoms with Gasteiger partial charge >= 0.3 is 0 Å². The van der Waals surface area contributed by atoms with Gasteiger partial charge in [-0.2, -0.15) is 0 Å². The quantitative estimate of drug-likeness (QED) is 0.502. The Kier molecular flexibility index (Phi) is 7.38. The van der Waals surface area contributed by atoms with E-state index in [9.17, 15) is 20.1 Å². The molecule has 2 aromatic rings. The summed E-state index contributed by atoms with van der Waals surface area (Å²) in [7, 11) is 0. The molecule has 1 amide bonds. The number of carbonyl (C=O) groups excluding carboxylic acids is 1. The number of nitrogens with one attached hydrogen (secondary N) is 1. The van der Waals surface area contributed by atoms with E-state index in [2.05, 4.69) is 15.6 Å². The largest absolute Gasteiger partial charge is 0.394 e. The van der Waals surface area contributed by atoms with Gasteiger partial charge in [0.1, 0.15) is 29.8 Å². The third-order valence-electron chi connectivity index (χ3n) is 4.38. The third-order valence-corrected chi connectivity index (χ3v) is 6.26. The lowest BCUT2D eigenvalue weighted by Crippen LogP contribution is -2.55. The molecule has 29 heavy (non-hydrogen) atoms. The molecule has 1 aliphatic rings. The number of benzene rings is 1. The third kappa shape index (κ3) is 4.85. The number of nitrogens with zero attached hydrogens (tertiary/aromatic N) is 3. The second-order valence-corrected chi connectivity index (χ2v) is 8.32. The average molecular weight is 463 g/mol. The van der Waals surface area contributed by atoms with E-state index in [-0.39, 0.29) is 5.69 Å². The molecule has 0 saturated carbocycles. The molecular weight excluding hydrogens is 443 g/mol. The Labute approximate surface area is 180 Å². The van der Waals surface area contributed by atoms with Crippen LogP contribution in [0.1, 0.15) is 23.5 Å². The molecule has 9 nitrogen and oxygen atoms in total. The summed E-state index contributed by atoms with van der Waals surface area (Å²) in [6.45, 7) is 1.72. The van der Waals surface area contributed by atoms with Crippen LogP contribution >= 0.6 is 35.0 Å². The van der Waals surface area contributed by atoms with Crippen LogP contribution in [-0.4, -0.2) is 73.1 Å². The number of hydrogen-bond acceptors (Lipinski definition) is 8. The molecule has 12 heteroatoms. The summed E-state index contributed by atoms with van der Waals surface area (Å²) in [5.74, 6) is -0.421. The molecule has 1 aromatic carbocycles. The molecule has 4 N–H and O–H groups in total. The van der Waals surface area contributed by atoms with Crippen molar-refractivity contribution >= 4 is 40.9 Å². The molecule has 0 radical (unpaired) electrons. The number of hydrogen-bond donors (Lipinski definition) is 4. The zero-order valence-electron chi connectivity index (χ0n) is 15.3. The van der Waals surface area contributed by atoms with Gasteiger partial charge in [0.05, 0.1) is 22.8 Å². The first-order valence-electron chi connectivity index (χ1n) is 8.79. The lowest BCUT2D eigenvalue weighted by atomic mass is 9.97. The van der Waals surface area contributed by atoms with Gasteiger partial charge in [-0.1, -0.05) is 40.2 Å². The molecule has 158 valence electrons. The minimum atomic E-state index is -1.27. The molecule has 2 unspecified atom stereocenters. The Morgan fingerprint density at radius 3 is 2.72 bits per heavy atom. The monoisotopic (exact) mass is 462 g/mol. The summed E-state index contributed by atoms with van der Waals surface area (Å²) < 4.78 is 6.89. The second kappa shape index (κ2) is 9.61. The number of aromatic nitrogens is 3. The van der Waals surface area contributed by atoms with Gasteiger partial charge in [0.2, 0.25) is 0 Å². The number of amides is 1. The van der Waals surface area contributed by atoms with E-state index in [1.807, 2.05) is 0 Å². The summed E-state index contributed by atoms with van der Waals surface area (Å²) in [5, 5.41) is 42.1. The lowest BCUT2D eigenvalue weighted by Gasteiger charge is -2.41. The van der Waals surface area contributed by atoms with Crippen molar-refractivity contribution in [1.29, 1.82) is 0 Å². The predicted octanol–water partition coefficient (Wildman–Crippen LogP) is 1.11. The van der Waals surface area contributed by atoms with E-state index in [0.717, 1.165) is 11.8 Å². The Morgan fingerprint density at radius 2 is 2.07 bits per heavy atom. The average Bonchev–Trinajstić information content (AvgIpc) is 3.17. The van der Waals surface area contributed by atoms with Crippen molar-refractivity contribution in [3.63, 3.8) is 0 Å². The van der Waals surface area contributed by atoms with E-state index in [1.165, 1.54) is 10.9 Å². The van der Waals surface area contributed by atoms with Crippen molar-refractivity contribution in [3.05, 3.63) is 40.1 Å². The molecule has 1 aliphatic heterocycles. The number of aliphatic hydroxyl groups excluding tert-OH is 3. The summed E-state index contributed by atoms with van der Waals surface area (Å²) in [6, 6.07) is 3.97. The summed E-state index contributed by atoms with van der Waals surface area (Å²) >= 11 is 13.1. The van der Waals surface area contributed by atoms with Crippen LogP contribution in [0.25, 0.3) is 0 Å². The Morgan fingerprint density at radius 1 is 1.31 bits per heavy atom. The SMILES string of the molecule is CCNC(=O)c1cn([C@@H]2C(O)[C@@H](Sc3ccc(Cl)c(Cl)c3)OC(CO)[C@@H]2O)nn1. The smallest absolute Gasteiger partial charge is 0.273 e. The predicted molar refractivity (Wildman–Crippen MR) is 107 cm³/mol. The van der Waals surface area contributed by atoms with E-state index in [4.69, 9.17) is 27.9 Å². The van der Waals surface area contributed by atoms with Crippen molar-refractivity contribution in [2.75, 3.05) is 13.2 Å². The fourth-order valence-electron chi connectivity index (χ4n) is 2.94. The number of halogens is 2. The molecule has 5 atom stereocenters. The number of thioether (sulfide) groups is 1. The van der Waals surface area contributed by atoms with Gasteiger partial charge in [-0.05, 0) is 25.1 Å². The highest BCUT2D eigenvalue weighted by Gasteiger charge is 2.46. The van der Waals surface area contributed by atoms with E-state index >= 15 is 0 Å². The number of ether oxygens (including phenoxy) is 1. The maximum atomic E-state index is 11.9. The summed E-state index contributed by atoms with van der Waals surface area (Å²) in [4.78, 5) is 12.6. The Balaban J connectivity index is 1.85. The molecule has 0 bridgehead atoms. The van der Waals surface area contributed by atoms with Gasteiger partial charge in [-0.25, -0.2) is 4.68 Å². The zero-order valence-corrected chi connectivity index (χ0v) is 17.6. The first-order chi connectivity index (χ1) is 13.8. The van der Waals surface area contributed by atoms with Crippen molar-refractivity contribution in [2.24, 2.45) is 0 Å². The zero-order chi connectivity index (χ0) is 21.1. The molecule has 1 aromatic heterocycles. The fraction of sp³-hybridized carbons (Fsp3) is 0.471. The van der Waals surface area contributed by atoms with Crippen LogP contribution in [0.15, 0.2) is 29.3 Å². The van der Waals surface area contributed by atoms with Crippen LogP contribution in [0.2, 0.25) is 10.0 Å². The van der Waals surface area contributed by atoms with Gasteiger partial charge < -0.3 is 25.4 Å². The minimum Gasteiger partial charge on any atom is -0.394 e. The topological polar surface area (TPSA) is 130 Å². The van der Waals surface area contributed by atoms with E-state index in [0.29, 0.717) is 21.5 Å².